The van der Waals surface area contributed by atoms with Crippen molar-refractivity contribution in [2.24, 2.45) is 0 Å². The Morgan fingerprint density at radius 3 is 2.36 bits per heavy atom. The van der Waals surface area contributed by atoms with Gasteiger partial charge in [0, 0.05) is 0 Å². The molecule has 1 amide bonds. The molecule has 1 N–H and O–H groups in total. The fraction of sp³-hybridized carbons (Fsp3) is 0.316. The molecule has 116 valence electrons. The summed E-state index contributed by atoms with van der Waals surface area (Å²) in [5.74, 6) is 0.650. The van der Waals surface area contributed by atoms with E-state index >= 15 is 0 Å². The van der Waals surface area contributed by atoms with Gasteiger partial charge in [0.2, 0.25) is 0 Å². The van der Waals surface area contributed by atoms with E-state index in [9.17, 15) is 4.79 Å². The van der Waals surface area contributed by atoms with Gasteiger partial charge in [-0.2, -0.15) is 0 Å². The molecule has 0 heterocycles. The number of carbonyl (C=O) groups is 1. The lowest BCUT2D eigenvalue weighted by atomic mass is 10.0. The molecule has 0 aromatic heterocycles. The second-order valence-corrected chi connectivity index (χ2v) is 5.41. The molecule has 0 fully saturated rings. The van der Waals surface area contributed by atoms with E-state index in [4.69, 9.17) is 4.74 Å². The van der Waals surface area contributed by atoms with E-state index in [2.05, 4.69) is 12.2 Å². The Morgan fingerprint density at radius 1 is 1.09 bits per heavy atom. The molecule has 0 saturated heterocycles. The average Bonchev–Trinajstić information content (AvgIpc) is 2.55. The first-order chi connectivity index (χ1) is 10.6. The maximum Gasteiger partial charge on any atom is 0.261 e. The molecule has 0 spiro atoms. The summed E-state index contributed by atoms with van der Waals surface area (Å²) in [7, 11) is 0. The van der Waals surface area contributed by atoms with Gasteiger partial charge in [0.05, 0.1) is 6.04 Å². The van der Waals surface area contributed by atoms with Crippen molar-refractivity contribution in [3.05, 3.63) is 65.7 Å². The highest BCUT2D eigenvalue weighted by molar-refractivity contribution is 5.81. The number of amides is 1. The summed E-state index contributed by atoms with van der Waals surface area (Å²) in [5.41, 5.74) is 2.14. The standard InChI is InChI=1S/C19H23NO2/c1-4-17(16-11-6-5-7-12-16)20-19(21)15(3)22-18-13-9-8-10-14(18)2/h5-13,15,17H,4H2,1-3H3,(H,20,21)/t15-,17+/m1/s1. The third-order valence-electron chi connectivity index (χ3n) is 3.69. The van der Waals surface area contributed by atoms with Gasteiger partial charge < -0.3 is 10.1 Å². The Kier molecular flexibility index (Phi) is 5.59. The highest BCUT2D eigenvalue weighted by Gasteiger charge is 2.19. The van der Waals surface area contributed by atoms with Crippen LogP contribution in [0.3, 0.4) is 0 Å². The topological polar surface area (TPSA) is 38.3 Å². The molecule has 3 heteroatoms. The molecular formula is C19H23NO2. The van der Waals surface area contributed by atoms with Gasteiger partial charge in [0.15, 0.2) is 6.10 Å². The minimum atomic E-state index is -0.529. The predicted octanol–water partition coefficient (Wildman–Crippen LogP) is 4.03. The number of para-hydroxylation sites is 1. The minimum Gasteiger partial charge on any atom is -0.481 e. The second-order valence-electron chi connectivity index (χ2n) is 5.41. The Morgan fingerprint density at radius 2 is 1.73 bits per heavy atom. The summed E-state index contributed by atoms with van der Waals surface area (Å²) in [5, 5.41) is 3.06. The zero-order valence-corrected chi connectivity index (χ0v) is 13.4. The van der Waals surface area contributed by atoms with Gasteiger partial charge in [-0.25, -0.2) is 0 Å². The van der Waals surface area contributed by atoms with E-state index in [1.807, 2.05) is 61.5 Å². The van der Waals surface area contributed by atoms with Gasteiger partial charge in [-0.3, -0.25) is 4.79 Å². The Balaban J connectivity index is 2.00. The van der Waals surface area contributed by atoms with Crippen LogP contribution in [0.4, 0.5) is 0 Å². The van der Waals surface area contributed by atoms with Crippen LogP contribution in [0.5, 0.6) is 5.75 Å². The fourth-order valence-electron chi connectivity index (χ4n) is 2.33. The number of hydrogen-bond donors (Lipinski definition) is 1. The minimum absolute atomic E-state index is 0.0108. The third kappa shape index (κ3) is 4.10. The van der Waals surface area contributed by atoms with E-state index in [0.717, 1.165) is 23.3 Å². The molecule has 0 saturated carbocycles. The largest absolute Gasteiger partial charge is 0.481 e. The molecule has 0 aliphatic heterocycles. The number of aryl methyl sites for hydroxylation is 1. The van der Waals surface area contributed by atoms with E-state index in [0.29, 0.717) is 0 Å². The number of benzene rings is 2. The molecule has 0 aliphatic rings. The Bertz CT molecular complexity index is 610. The smallest absolute Gasteiger partial charge is 0.261 e. The van der Waals surface area contributed by atoms with Gasteiger partial charge in [-0.05, 0) is 37.5 Å². The van der Waals surface area contributed by atoms with Crippen molar-refractivity contribution in [2.75, 3.05) is 0 Å². The van der Waals surface area contributed by atoms with Crippen molar-refractivity contribution >= 4 is 5.91 Å². The maximum atomic E-state index is 12.4. The lowest BCUT2D eigenvalue weighted by molar-refractivity contribution is -0.128. The van der Waals surface area contributed by atoms with Crippen LogP contribution in [0.2, 0.25) is 0 Å². The maximum absolute atomic E-state index is 12.4. The normalized spacial score (nSPS) is 13.2. The van der Waals surface area contributed by atoms with Gasteiger partial charge in [0.1, 0.15) is 5.75 Å². The number of rotatable bonds is 6. The molecule has 2 aromatic rings. The predicted molar refractivity (Wildman–Crippen MR) is 88.9 cm³/mol. The molecule has 0 aliphatic carbocycles. The van der Waals surface area contributed by atoms with Crippen LogP contribution < -0.4 is 10.1 Å². The summed E-state index contributed by atoms with van der Waals surface area (Å²) in [6.07, 6.45) is 0.311. The second kappa shape index (κ2) is 7.64. The van der Waals surface area contributed by atoms with Crippen LogP contribution in [0, 0.1) is 6.92 Å². The van der Waals surface area contributed by atoms with Crippen molar-refractivity contribution < 1.29 is 9.53 Å². The summed E-state index contributed by atoms with van der Waals surface area (Å²) < 4.78 is 5.78. The van der Waals surface area contributed by atoms with Gasteiger partial charge in [-0.1, -0.05) is 55.5 Å². The molecule has 2 aromatic carbocycles. The quantitative estimate of drug-likeness (QED) is 0.874. The summed E-state index contributed by atoms with van der Waals surface area (Å²) in [6.45, 7) is 5.81. The van der Waals surface area contributed by atoms with Gasteiger partial charge in [0.25, 0.3) is 5.91 Å². The van der Waals surface area contributed by atoms with Crippen molar-refractivity contribution in [2.45, 2.75) is 39.3 Å². The van der Waals surface area contributed by atoms with Crippen molar-refractivity contribution in [3.63, 3.8) is 0 Å². The fourth-order valence-corrected chi connectivity index (χ4v) is 2.33. The first kappa shape index (κ1) is 16.1. The number of carbonyl (C=O) groups excluding carboxylic acids is 1. The van der Waals surface area contributed by atoms with Crippen LogP contribution >= 0.6 is 0 Å². The summed E-state index contributed by atoms with van der Waals surface area (Å²) in [4.78, 5) is 12.4. The monoisotopic (exact) mass is 297 g/mol. The van der Waals surface area contributed by atoms with Crippen LogP contribution in [-0.2, 0) is 4.79 Å². The van der Waals surface area contributed by atoms with Crippen LogP contribution in [0.15, 0.2) is 54.6 Å². The van der Waals surface area contributed by atoms with E-state index < -0.39 is 6.10 Å². The van der Waals surface area contributed by atoms with E-state index in [1.54, 1.807) is 6.92 Å². The molecule has 2 rings (SSSR count). The van der Waals surface area contributed by atoms with E-state index in [-0.39, 0.29) is 11.9 Å². The number of ether oxygens (including phenoxy) is 1. The third-order valence-corrected chi connectivity index (χ3v) is 3.69. The first-order valence-electron chi connectivity index (χ1n) is 7.69. The summed E-state index contributed by atoms with van der Waals surface area (Å²) in [6, 6.07) is 17.7. The molecule has 3 nitrogen and oxygen atoms in total. The Labute approximate surface area is 132 Å². The highest BCUT2D eigenvalue weighted by atomic mass is 16.5. The molecule has 2 atom stereocenters. The highest BCUT2D eigenvalue weighted by Crippen LogP contribution is 2.19. The lowest BCUT2D eigenvalue weighted by Gasteiger charge is -2.21. The SMILES string of the molecule is CC[C@H](NC(=O)[C@@H](C)Oc1ccccc1C)c1ccccc1. The van der Waals surface area contributed by atoms with Crippen molar-refractivity contribution in [3.8, 4) is 5.75 Å². The zero-order valence-electron chi connectivity index (χ0n) is 13.4. The van der Waals surface area contributed by atoms with Crippen LogP contribution in [0.25, 0.3) is 0 Å². The van der Waals surface area contributed by atoms with Crippen LogP contribution in [0.1, 0.15) is 37.4 Å². The van der Waals surface area contributed by atoms with Crippen molar-refractivity contribution in [1.29, 1.82) is 0 Å². The van der Waals surface area contributed by atoms with Crippen molar-refractivity contribution in [1.82, 2.24) is 5.32 Å². The Hall–Kier alpha value is -2.29. The molecule has 0 bridgehead atoms. The average molecular weight is 297 g/mol. The number of nitrogens with one attached hydrogen (secondary N) is 1. The molecule has 22 heavy (non-hydrogen) atoms. The number of hydrogen-bond acceptors (Lipinski definition) is 2. The molecule has 0 unspecified atom stereocenters. The van der Waals surface area contributed by atoms with Gasteiger partial charge >= 0.3 is 0 Å². The van der Waals surface area contributed by atoms with Gasteiger partial charge in [-0.15, -0.1) is 0 Å². The molecule has 0 radical (unpaired) electrons. The van der Waals surface area contributed by atoms with Crippen LogP contribution in [-0.4, -0.2) is 12.0 Å². The molecular weight excluding hydrogens is 274 g/mol. The summed E-state index contributed by atoms with van der Waals surface area (Å²) >= 11 is 0. The van der Waals surface area contributed by atoms with E-state index in [1.165, 1.54) is 0 Å². The lowest BCUT2D eigenvalue weighted by Crippen LogP contribution is -2.38. The zero-order chi connectivity index (χ0) is 15.9. The first-order valence-corrected chi connectivity index (χ1v) is 7.69.